The predicted octanol–water partition coefficient (Wildman–Crippen LogP) is 1.07. The van der Waals surface area contributed by atoms with E-state index < -0.39 is 5.54 Å². The van der Waals surface area contributed by atoms with Crippen LogP contribution in [0, 0.1) is 0 Å². The first-order chi connectivity index (χ1) is 7.99. The number of anilines is 2. The van der Waals surface area contributed by atoms with Crippen LogP contribution in [0.25, 0.3) is 0 Å². The Morgan fingerprint density at radius 1 is 1.12 bits per heavy atom. The Morgan fingerprint density at radius 2 is 1.59 bits per heavy atom. The molecule has 5 heteroatoms. The zero-order valence-corrected chi connectivity index (χ0v) is 9.62. The SMILES string of the molecule is CC(=O)Nc1ccc(NC(=O)C2(N)CC2)cc1. The third-order valence-electron chi connectivity index (χ3n) is 2.70. The van der Waals surface area contributed by atoms with Crippen LogP contribution in [-0.2, 0) is 9.59 Å². The van der Waals surface area contributed by atoms with Crippen LogP contribution in [0.4, 0.5) is 11.4 Å². The molecule has 0 radical (unpaired) electrons. The van der Waals surface area contributed by atoms with E-state index in [-0.39, 0.29) is 11.8 Å². The first-order valence-corrected chi connectivity index (χ1v) is 5.48. The lowest BCUT2D eigenvalue weighted by molar-refractivity contribution is -0.118. The Morgan fingerprint density at radius 3 is 2.00 bits per heavy atom. The molecule has 1 fully saturated rings. The molecule has 2 amide bonds. The summed E-state index contributed by atoms with van der Waals surface area (Å²) in [4.78, 5) is 22.5. The summed E-state index contributed by atoms with van der Waals surface area (Å²) >= 11 is 0. The van der Waals surface area contributed by atoms with Crippen LogP contribution in [0.3, 0.4) is 0 Å². The quantitative estimate of drug-likeness (QED) is 0.730. The lowest BCUT2D eigenvalue weighted by Gasteiger charge is -2.10. The molecule has 1 aliphatic rings. The topological polar surface area (TPSA) is 84.2 Å². The minimum absolute atomic E-state index is 0.124. The summed E-state index contributed by atoms with van der Waals surface area (Å²) in [5.74, 6) is -0.273. The Labute approximate surface area is 99.4 Å². The van der Waals surface area contributed by atoms with Crippen LogP contribution in [0.15, 0.2) is 24.3 Å². The van der Waals surface area contributed by atoms with Crippen LogP contribution in [-0.4, -0.2) is 17.4 Å². The summed E-state index contributed by atoms with van der Waals surface area (Å²) in [6.45, 7) is 1.45. The highest BCUT2D eigenvalue weighted by molar-refractivity contribution is 6.00. The summed E-state index contributed by atoms with van der Waals surface area (Å²) in [5, 5.41) is 5.40. The van der Waals surface area contributed by atoms with E-state index >= 15 is 0 Å². The van der Waals surface area contributed by atoms with E-state index in [1.807, 2.05) is 0 Å². The second-order valence-corrected chi connectivity index (χ2v) is 4.37. The zero-order chi connectivity index (χ0) is 12.5. The number of benzene rings is 1. The van der Waals surface area contributed by atoms with Crippen molar-refractivity contribution < 1.29 is 9.59 Å². The highest BCUT2D eigenvalue weighted by atomic mass is 16.2. The molecule has 1 aromatic rings. The third-order valence-corrected chi connectivity index (χ3v) is 2.70. The van der Waals surface area contributed by atoms with Gasteiger partial charge in [0, 0.05) is 18.3 Å². The summed E-state index contributed by atoms with van der Waals surface area (Å²) in [6, 6.07) is 6.92. The molecule has 2 rings (SSSR count). The molecule has 17 heavy (non-hydrogen) atoms. The average Bonchev–Trinajstić information content (AvgIpc) is 3.00. The van der Waals surface area contributed by atoms with Gasteiger partial charge in [-0.3, -0.25) is 9.59 Å². The number of hydrogen-bond acceptors (Lipinski definition) is 3. The van der Waals surface area contributed by atoms with E-state index in [9.17, 15) is 9.59 Å². The van der Waals surface area contributed by atoms with Gasteiger partial charge >= 0.3 is 0 Å². The van der Waals surface area contributed by atoms with Crippen LogP contribution in [0.1, 0.15) is 19.8 Å². The second-order valence-electron chi connectivity index (χ2n) is 4.37. The number of carbonyl (C=O) groups is 2. The van der Waals surface area contributed by atoms with Gasteiger partial charge in [0.2, 0.25) is 11.8 Å². The van der Waals surface area contributed by atoms with E-state index in [4.69, 9.17) is 5.73 Å². The van der Waals surface area contributed by atoms with Crippen LogP contribution >= 0.6 is 0 Å². The van der Waals surface area contributed by atoms with E-state index in [0.29, 0.717) is 11.4 Å². The normalized spacial score (nSPS) is 16.1. The van der Waals surface area contributed by atoms with Gasteiger partial charge in [0.25, 0.3) is 0 Å². The molecule has 0 bridgehead atoms. The smallest absolute Gasteiger partial charge is 0.244 e. The van der Waals surface area contributed by atoms with Crippen molar-refractivity contribution in [3.8, 4) is 0 Å². The van der Waals surface area contributed by atoms with Gasteiger partial charge in [0.1, 0.15) is 0 Å². The second kappa shape index (κ2) is 4.18. The number of hydrogen-bond donors (Lipinski definition) is 3. The Balaban J connectivity index is 1.98. The van der Waals surface area contributed by atoms with Gasteiger partial charge in [-0.25, -0.2) is 0 Å². The van der Waals surface area contributed by atoms with Crippen molar-refractivity contribution in [2.24, 2.45) is 5.73 Å². The summed E-state index contributed by atoms with van der Waals surface area (Å²) < 4.78 is 0. The fourth-order valence-electron chi connectivity index (χ4n) is 1.46. The number of amides is 2. The van der Waals surface area contributed by atoms with Gasteiger partial charge in [-0.15, -0.1) is 0 Å². The van der Waals surface area contributed by atoms with Gasteiger partial charge in [0.05, 0.1) is 5.54 Å². The molecule has 5 nitrogen and oxygen atoms in total. The van der Waals surface area contributed by atoms with Gasteiger partial charge in [-0.2, -0.15) is 0 Å². The number of nitrogens with one attached hydrogen (secondary N) is 2. The molecule has 0 atom stereocenters. The Hall–Kier alpha value is -1.88. The van der Waals surface area contributed by atoms with Crippen LogP contribution < -0.4 is 16.4 Å². The fraction of sp³-hybridized carbons (Fsp3) is 0.333. The number of rotatable bonds is 3. The minimum atomic E-state index is -0.670. The first-order valence-electron chi connectivity index (χ1n) is 5.48. The first kappa shape index (κ1) is 11.6. The molecule has 4 N–H and O–H groups in total. The largest absolute Gasteiger partial charge is 0.326 e. The molecule has 0 aromatic heterocycles. The van der Waals surface area contributed by atoms with Gasteiger partial charge in [0.15, 0.2) is 0 Å². The summed E-state index contributed by atoms with van der Waals surface area (Å²) in [7, 11) is 0. The highest BCUT2D eigenvalue weighted by Gasteiger charge is 2.45. The molecular formula is C12H15N3O2. The lowest BCUT2D eigenvalue weighted by Crippen LogP contribution is -2.37. The predicted molar refractivity (Wildman–Crippen MR) is 65.5 cm³/mol. The standard InChI is InChI=1S/C12H15N3O2/c1-8(16)14-9-2-4-10(5-3-9)15-11(17)12(13)6-7-12/h2-5H,6-7,13H2,1H3,(H,14,16)(H,15,17). The monoisotopic (exact) mass is 233 g/mol. The van der Waals surface area contributed by atoms with Crippen molar-refractivity contribution in [2.75, 3.05) is 10.6 Å². The van der Waals surface area contributed by atoms with Crippen molar-refractivity contribution >= 4 is 23.2 Å². The van der Waals surface area contributed by atoms with Gasteiger partial charge in [-0.1, -0.05) is 0 Å². The van der Waals surface area contributed by atoms with Crippen molar-refractivity contribution in [2.45, 2.75) is 25.3 Å². The molecule has 1 aromatic carbocycles. The van der Waals surface area contributed by atoms with Crippen molar-refractivity contribution in [3.05, 3.63) is 24.3 Å². The highest BCUT2D eigenvalue weighted by Crippen LogP contribution is 2.33. The molecular weight excluding hydrogens is 218 g/mol. The maximum Gasteiger partial charge on any atom is 0.244 e. The molecule has 0 heterocycles. The minimum Gasteiger partial charge on any atom is -0.326 e. The zero-order valence-electron chi connectivity index (χ0n) is 9.62. The van der Waals surface area contributed by atoms with Crippen molar-refractivity contribution in [1.82, 2.24) is 0 Å². The van der Waals surface area contributed by atoms with Gasteiger partial charge < -0.3 is 16.4 Å². The summed E-state index contributed by atoms with van der Waals surface area (Å²) in [5.41, 5.74) is 6.47. The number of nitrogens with two attached hydrogens (primary N) is 1. The Bertz CT molecular complexity index is 449. The maximum atomic E-state index is 11.7. The van der Waals surface area contributed by atoms with E-state index in [1.54, 1.807) is 24.3 Å². The molecule has 0 unspecified atom stereocenters. The molecule has 0 aliphatic heterocycles. The molecule has 0 spiro atoms. The van der Waals surface area contributed by atoms with Gasteiger partial charge in [-0.05, 0) is 37.1 Å². The third kappa shape index (κ3) is 2.82. The summed E-state index contributed by atoms with van der Waals surface area (Å²) in [6.07, 6.45) is 1.48. The van der Waals surface area contributed by atoms with E-state index in [2.05, 4.69) is 10.6 Å². The van der Waals surface area contributed by atoms with Crippen molar-refractivity contribution in [1.29, 1.82) is 0 Å². The Kier molecular flexibility index (Phi) is 2.85. The fourth-order valence-corrected chi connectivity index (χ4v) is 1.46. The maximum absolute atomic E-state index is 11.7. The molecule has 90 valence electrons. The van der Waals surface area contributed by atoms with Crippen LogP contribution in [0.5, 0.6) is 0 Å². The molecule has 0 saturated heterocycles. The molecule has 1 aliphatic carbocycles. The number of carbonyl (C=O) groups excluding carboxylic acids is 2. The van der Waals surface area contributed by atoms with E-state index in [1.165, 1.54) is 6.92 Å². The van der Waals surface area contributed by atoms with Crippen LogP contribution in [0.2, 0.25) is 0 Å². The van der Waals surface area contributed by atoms with E-state index in [0.717, 1.165) is 12.8 Å². The lowest BCUT2D eigenvalue weighted by atomic mass is 10.2. The van der Waals surface area contributed by atoms with Crippen molar-refractivity contribution in [3.63, 3.8) is 0 Å². The average molecular weight is 233 g/mol. The molecule has 1 saturated carbocycles.